The van der Waals surface area contributed by atoms with Crippen molar-refractivity contribution in [2.24, 2.45) is 0 Å². The second-order valence-electron chi connectivity index (χ2n) is 13.1. The Bertz CT molecular complexity index is 2490. The molecule has 2 aliphatic rings. The van der Waals surface area contributed by atoms with Crippen LogP contribution in [-0.4, -0.2) is 9.97 Å². The van der Waals surface area contributed by atoms with Crippen LogP contribution < -0.4 is 9.80 Å². The fourth-order valence-electron chi connectivity index (χ4n) is 7.46. The van der Waals surface area contributed by atoms with E-state index >= 15 is 0 Å². The number of para-hydroxylation sites is 4. The summed E-state index contributed by atoms with van der Waals surface area (Å²) in [5.74, 6) is 0. The van der Waals surface area contributed by atoms with Crippen molar-refractivity contribution in [3.05, 3.63) is 169 Å². The molecular weight excluding hydrogens is 693 g/mol. The van der Waals surface area contributed by atoms with Crippen LogP contribution in [0, 0.1) is 0 Å². The van der Waals surface area contributed by atoms with Crippen LogP contribution in [0.1, 0.15) is 11.1 Å². The Labute approximate surface area is 313 Å². The van der Waals surface area contributed by atoms with E-state index in [1.165, 1.54) is 43.7 Å². The smallest absolute Gasteiger partial charge is 0.124 e. The Morgan fingerprint density at radius 1 is 0.423 bits per heavy atom. The molecule has 0 fully saturated rings. The summed E-state index contributed by atoms with van der Waals surface area (Å²) >= 11 is 5.28. The SMILES string of the molecule is c1ccc2c(c1)Cc1ccccc1N2c1ccc(-c2nc3cc4sc(-c5ccc(N6c7ccccc7Sc7ccccc76)cc5)nc4cc3s2)cc1. The van der Waals surface area contributed by atoms with Gasteiger partial charge in [-0.2, -0.15) is 0 Å². The largest absolute Gasteiger partial charge is 0.310 e. The second-order valence-corrected chi connectivity index (χ2v) is 16.2. The molecule has 2 aliphatic heterocycles. The zero-order chi connectivity index (χ0) is 34.2. The Morgan fingerprint density at radius 3 is 1.31 bits per heavy atom. The maximum Gasteiger partial charge on any atom is 0.124 e. The molecule has 0 aliphatic carbocycles. The first kappa shape index (κ1) is 29.9. The minimum Gasteiger partial charge on any atom is -0.310 e. The summed E-state index contributed by atoms with van der Waals surface area (Å²) in [6.07, 6.45) is 0.954. The highest BCUT2D eigenvalue weighted by Crippen LogP contribution is 2.51. The summed E-state index contributed by atoms with van der Waals surface area (Å²) < 4.78 is 2.30. The number of fused-ring (bicyclic) bond motifs is 6. The second kappa shape index (κ2) is 11.9. The fraction of sp³-hybridized carbons (Fsp3) is 0.0222. The Kier molecular flexibility index (Phi) is 6.87. The molecule has 9 aromatic rings. The van der Waals surface area contributed by atoms with Gasteiger partial charge in [0.1, 0.15) is 10.0 Å². The normalized spacial score (nSPS) is 13.2. The van der Waals surface area contributed by atoms with Crippen LogP contribution in [0.4, 0.5) is 34.1 Å². The molecule has 52 heavy (non-hydrogen) atoms. The van der Waals surface area contributed by atoms with Crippen LogP contribution in [-0.2, 0) is 6.42 Å². The van der Waals surface area contributed by atoms with Crippen molar-refractivity contribution in [2.45, 2.75) is 16.2 Å². The summed E-state index contributed by atoms with van der Waals surface area (Å²) in [5.41, 5.74) is 14.2. The lowest BCUT2D eigenvalue weighted by Crippen LogP contribution is -2.18. The van der Waals surface area contributed by atoms with Crippen molar-refractivity contribution < 1.29 is 0 Å². The number of hydrogen-bond acceptors (Lipinski definition) is 7. The molecule has 0 radical (unpaired) electrons. The predicted octanol–water partition coefficient (Wildman–Crippen LogP) is 13.5. The van der Waals surface area contributed by atoms with Gasteiger partial charge in [0.25, 0.3) is 0 Å². The van der Waals surface area contributed by atoms with Crippen LogP contribution in [0.15, 0.2) is 168 Å². The van der Waals surface area contributed by atoms with Crippen LogP contribution in [0.2, 0.25) is 0 Å². The number of benzene rings is 7. The maximum atomic E-state index is 5.11. The highest BCUT2D eigenvalue weighted by atomic mass is 32.2. The third kappa shape index (κ3) is 4.88. The van der Waals surface area contributed by atoms with Gasteiger partial charge in [0.05, 0.1) is 31.8 Å². The van der Waals surface area contributed by atoms with Gasteiger partial charge in [-0.15, -0.1) is 22.7 Å². The highest BCUT2D eigenvalue weighted by Gasteiger charge is 2.25. The Hall–Kier alpha value is -5.73. The lowest BCUT2D eigenvalue weighted by atomic mass is 9.95. The molecule has 0 unspecified atom stereocenters. The van der Waals surface area contributed by atoms with Gasteiger partial charge in [-0.05, 0) is 108 Å². The van der Waals surface area contributed by atoms with Crippen molar-refractivity contribution in [3.63, 3.8) is 0 Å². The maximum absolute atomic E-state index is 5.11. The first-order valence-corrected chi connectivity index (χ1v) is 19.7. The number of nitrogens with zero attached hydrogens (tertiary/aromatic N) is 4. The lowest BCUT2D eigenvalue weighted by Gasteiger charge is -2.33. The number of rotatable bonds is 4. The van der Waals surface area contributed by atoms with E-state index in [0.29, 0.717) is 0 Å². The highest BCUT2D eigenvalue weighted by molar-refractivity contribution is 7.99. The van der Waals surface area contributed by atoms with Crippen molar-refractivity contribution >= 4 is 89.0 Å². The average Bonchev–Trinajstić information content (AvgIpc) is 3.82. The molecule has 4 nitrogen and oxygen atoms in total. The molecule has 0 bridgehead atoms. The molecule has 0 N–H and O–H groups in total. The minimum atomic E-state index is 0.954. The molecule has 7 aromatic carbocycles. The molecule has 0 saturated heterocycles. The van der Waals surface area contributed by atoms with E-state index in [-0.39, 0.29) is 0 Å². The molecule has 11 rings (SSSR count). The summed E-state index contributed by atoms with van der Waals surface area (Å²) in [5, 5.41) is 2.04. The van der Waals surface area contributed by atoms with Crippen molar-refractivity contribution in [1.82, 2.24) is 9.97 Å². The van der Waals surface area contributed by atoms with E-state index in [9.17, 15) is 0 Å². The summed E-state index contributed by atoms with van der Waals surface area (Å²) in [6.45, 7) is 0. The van der Waals surface area contributed by atoms with Gasteiger partial charge in [0.2, 0.25) is 0 Å². The van der Waals surface area contributed by atoms with Gasteiger partial charge in [-0.3, -0.25) is 0 Å². The molecule has 4 heterocycles. The zero-order valence-electron chi connectivity index (χ0n) is 27.7. The van der Waals surface area contributed by atoms with Gasteiger partial charge in [0, 0.05) is 50.1 Å². The van der Waals surface area contributed by atoms with E-state index in [1.54, 1.807) is 22.7 Å². The van der Waals surface area contributed by atoms with Gasteiger partial charge >= 0.3 is 0 Å². The summed E-state index contributed by atoms with van der Waals surface area (Å²) in [6, 6.07) is 56.8. The predicted molar refractivity (Wildman–Crippen MR) is 220 cm³/mol. The number of aromatic nitrogens is 2. The third-order valence-corrected chi connectivity index (χ3v) is 13.2. The molecule has 246 valence electrons. The standard InChI is InChI=1S/C45H28N4S3/c1-3-11-36-30(9-1)25-31-10-2-4-12-37(31)48(36)32-21-17-28(18-22-32)44-46-34-26-43-35(27-42(34)51-44)47-45(52-43)29-19-23-33(24-20-29)49-38-13-5-7-15-40(38)50-41-16-8-6-14-39(41)49/h1-24,26-27H,25H2. The van der Waals surface area contributed by atoms with E-state index in [1.807, 2.05) is 11.8 Å². The molecule has 0 atom stereocenters. The first-order valence-electron chi connectivity index (χ1n) is 17.3. The van der Waals surface area contributed by atoms with E-state index < -0.39 is 0 Å². The topological polar surface area (TPSA) is 32.3 Å². The first-order chi connectivity index (χ1) is 25.7. The van der Waals surface area contributed by atoms with Crippen molar-refractivity contribution in [2.75, 3.05) is 9.80 Å². The van der Waals surface area contributed by atoms with Crippen molar-refractivity contribution in [1.29, 1.82) is 0 Å². The zero-order valence-corrected chi connectivity index (χ0v) is 30.2. The van der Waals surface area contributed by atoms with E-state index in [2.05, 4.69) is 168 Å². The summed E-state index contributed by atoms with van der Waals surface area (Å²) in [7, 11) is 0. The van der Waals surface area contributed by atoms with Gasteiger partial charge in [0.15, 0.2) is 0 Å². The molecule has 0 amide bonds. The van der Waals surface area contributed by atoms with Crippen molar-refractivity contribution in [3.8, 4) is 21.1 Å². The molecular formula is C45H28N4S3. The third-order valence-electron chi connectivity index (χ3n) is 9.92. The molecule has 7 heteroatoms. The Morgan fingerprint density at radius 2 is 0.827 bits per heavy atom. The quantitative estimate of drug-likeness (QED) is 0.181. The fourth-order valence-corrected chi connectivity index (χ4v) is 10.5. The lowest BCUT2D eigenvalue weighted by molar-refractivity contribution is 1.09. The molecule has 0 saturated carbocycles. The average molecular weight is 721 g/mol. The van der Waals surface area contributed by atoms with Crippen LogP contribution >= 0.6 is 34.4 Å². The van der Waals surface area contributed by atoms with Crippen LogP contribution in [0.25, 0.3) is 41.6 Å². The molecule has 0 spiro atoms. The van der Waals surface area contributed by atoms with E-state index in [4.69, 9.17) is 9.97 Å². The van der Waals surface area contributed by atoms with Crippen LogP contribution in [0.5, 0.6) is 0 Å². The van der Waals surface area contributed by atoms with Crippen LogP contribution in [0.3, 0.4) is 0 Å². The summed E-state index contributed by atoms with van der Waals surface area (Å²) in [4.78, 5) is 17.5. The van der Waals surface area contributed by atoms with Gasteiger partial charge in [-0.1, -0.05) is 72.4 Å². The van der Waals surface area contributed by atoms with Gasteiger partial charge < -0.3 is 9.80 Å². The minimum absolute atomic E-state index is 0.954. The Balaban J connectivity index is 0.885. The van der Waals surface area contributed by atoms with E-state index in [0.717, 1.165) is 59.4 Å². The monoisotopic (exact) mass is 720 g/mol. The molecule has 2 aromatic heterocycles. The number of thiazole rings is 2. The van der Waals surface area contributed by atoms with Gasteiger partial charge in [-0.25, -0.2) is 9.97 Å². The number of hydrogen-bond donors (Lipinski definition) is 0. The number of anilines is 6.